The summed E-state index contributed by atoms with van der Waals surface area (Å²) in [5.41, 5.74) is 1.85. The Morgan fingerprint density at radius 3 is 2.54 bits per heavy atom. The third-order valence-electron chi connectivity index (χ3n) is 3.59. The normalized spacial score (nSPS) is 11.6. The lowest BCUT2D eigenvalue weighted by Gasteiger charge is -2.10. The van der Waals surface area contributed by atoms with Crippen LogP contribution in [-0.4, -0.2) is 18.1 Å². The number of rotatable bonds is 4. The maximum Gasteiger partial charge on any atom is 0.294 e. The smallest absolute Gasteiger partial charge is 0.294 e. The number of anilines is 1. The zero-order valence-corrected chi connectivity index (χ0v) is 14.8. The minimum atomic E-state index is -4.38. The van der Waals surface area contributed by atoms with E-state index in [0.717, 1.165) is 21.8 Å². The van der Waals surface area contributed by atoms with E-state index in [0.29, 0.717) is 17.3 Å². The van der Waals surface area contributed by atoms with Crippen molar-refractivity contribution >= 4 is 42.5 Å². The lowest BCUT2D eigenvalue weighted by atomic mass is 10.1. The number of hydrogen-bond acceptors (Lipinski definition) is 4. The highest BCUT2D eigenvalue weighted by atomic mass is 79.9. The summed E-state index contributed by atoms with van der Waals surface area (Å²) in [6, 6.07) is 15.5. The van der Waals surface area contributed by atoms with Crippen molar-refractivity contribution in [2.24, 2.45) is 0 Å². The molecule has 124 valence electrons. The van der Waals surface area contributed by atoms with Crippen LogP contribution in [-0.2, 0) is 16.7 Å². The molecule has 3 aromatic rings. The highest BCUT2D eigenvalue weighted by Crippen LogP contribution is 2.30. The first-order valence-corrected chi connectivity index (χ1v) is 9.29. The van der Waals surface area contributed by atoms with Crippen molar-refractivity contribution in [2.75, 3.05) is 5.32 Å². The lowest BCUT2D eigenvalue weighted by molar-refractivity contribution is 0.471. The van der Waals surface area contributed by atoms with Gasteiger partial charge in [-0.1, -0.05) is 28.1 Å². The molecule has 0 bridgehead atoms. The number of nitrogens with one attached hydrogen (secondary N) is 1. The molecule has 0 heterocycles. The minimum absolute atomic E-state index is 0.196. The summed E-state index contributed by atoms with van der Waals surface area (Å²) >= 11 is 3.42. The van der Waals surface area contributed by atoms with E-state index in [4.69, 9.17) is 4.55 Å². The number of phenols is 1. The van der Waals surface area contributed by atoms with Gasteiger partial charge in [0.05, 0.1) is 4.90 Å². The molecule has 5 nitrogen and oxygen atoms in total. The molecule has 3 rings (SSSR count). The second-order valence-corrected chi connectivity index (χ2v) is 7.67. The van der Waals surface area contributed by atoms with Crippen molar-refractivity contribution in [3.05, 3.63) is 64.6 Å². The molecule has 0 aromatic heterocycles. The maximum absolute atomic E-state index is 11.3. The molecular weight excluding hydrogens is 394 g/mol. The fraction of sp³-hybridized carbons (Fsp3) is 0.0588. The van der Waals surface area contributed by atoms with Crippen molar-refractivity contribution in [1.29, 1.82) is 0 Å². The lowest BCUT2D eigenvalue weighted by Crippen LogP contribution is -2.00. The SMILES string of the molecule is O=S(=O)(O)c1cc(O)c2ccc(NCc3cccc(Br)c3)cc2c1. The van der Waals surface area contributed by atoms with Crippen molar-refractivity contribution in [3.63, 3.8) is 0 Å². The van der Waals surface area contributed by atoms with Gasteiger partial charge >= 0.3 is 0 Å². The van der Waals surface area contributed by atoms with Gasteiger partial charge in [0.2, 0.25) is 0 Å². The summed E-state index contributed by atoms with van der Waals surface area (Å²) in [5, 5.41) is 14.2. The summed E-state index contributed by atoms with van der Waals surface area (Å²) < 4.78 is 32.7. The van der Waals surface area contributed by atoms with E-state index < -0.39 is 10.1 Å². The Labute approximate surface area is 147 Å². The first-order chi connectivity index (χ1) is 11.3. The molecule has 0 atom stereocenters. The summed E-state index contributed by atoms with van der Waals surface area (Å²) in [6.07, 6.45) is 0. The first-order valence-electron chi connectivity index (χ1n) is 7.05. The van der Waals surface area contributed by atoms with Gasteiger partial charge in [-0.15, -0.1) is 0 Å². The monoisotopic (exact) mass is 407 g/mol. The third kappa shape index (κ3) is 3.69. The highest BCUT2D eigenvalue weighted by molar-refractivity contribution is 9.10. The van der Waals surface area contributed by atoms with E-state index in [1.54, 1.807) is 18.2 Å². The zero-order chi connectivity index (χ0) is 17.3. The van der Waals surface area contributed by atoms with Crippen LogP contribution in [0.15, 0.2) is 64.0 Å². The summed E-state index contributed by atoms with van der Waals surface area (Å²) in [4.78, 5) is -0.336. The van der Waals surface area contributed by atoms with Gasteiger partial charge in [0.15, 0.2) is 0 Å². The van der Waals surface area contributed by atoms with Gasteiger partial charge < -0.3 is 10.4 Å². The van der Waals surface area contributed by atoms with Gasteiger partial charge in [0, 0.05) is 28.2 Å². The number of halogens is 1. The van der Waals surface area contributed by atoms with Crippen LogP contribution in [0.25, 0.3) is 10.8 Å². The molecule has 0 spiro atoms. The van der Waals surface area contributed by atoms with E-state index in [1.165, 1.54) is 6.07 Å². The Morgan fingerprint density at radius 2 is 1.83 bits per heavy atom. The molecule has 3 N–H and O–H groups in total. The molecule has 0 amide bonds. The second-order valence-electron chi connectivity index (χ2n) is 5.34. The quantitative estimate of drug-likeness (QED) is 0.565. The summed E-state index contributed by atoms with van der Waals surface area (Å²) in [7, 11) is -4.38. The summed E-state index contributed by atoms with van der Waals surface area (Å²) in [6.45, 7) is 0.592. The van der Waals surface area contributed by atoms with Crippen LogP contribution in [0.1, 0.15) is 5.56 Å². The van der Waals surface area contributed by atoms with E-state index in [-0.39, 0.29) is 10.6 Å². The molecule has 0 unspecified atom stereocenters. The molecule has 7 heteroatoms. The minimum Gasteiger partial charge on any atom is -0.507 e. The zero-order valence-electron chi connectivity index (χ0n) is 12.4. The van der Waals surface area contributed by atoms with Gasteiger partial charge in [0.1, 0.15) is 5.75 Å². The number of benzene rings is 3. The Morgan fingerprint density at radius 1 is 1.04 bits per heavy atom. The average molecular weight is 408 g/mol. The topological polar surface area (TPSA) is 86.6 Å². The summed E-state index contributed by atoms with van der Waals surface area (Å²) in [5.74, 6) is -0.196. The first kappa shape index (κ1) is 16.8. The van der Waals surface area contributed by atoms with Crippen LogP contribution in [0.3, 0.4) is 0 Å². The molecule has 0 fully saturated rings. The third-order valence-corrected chi connectivity index (χ3v) is 4.91. The van der Waals surface area contributed by atoms with E-state index >= 15 is 0 Å². The van der Waals surface area contributed by atoms with Gasteiger partial charge in [-0.3, -0.25) is 4.55 Å². The van der Waals surface area contributed by atoms with Gasteiger partial charge in [0.25, 0.3) is 10.1 Å². The fourth-order valence-corrected chi connectivity index (χ4v) is 3.42. The predicted octanol–water partition coefficient (Wildman–Crippen LogP) is 4.17. The largest absolute Gasteiger partial charge is 0.507 e. The van der Waals surface area contributed by atoms with Crippen LogP contribution < -0.4 is 5.32 Å². The standard InChI is InChI=1S/C17H14BrNO4S/c18-13-3-1-2-11(6-13)10-19-14-4-5-16-12(7-14)8-15(9-17(16)20)24(21,22)23/h1-9,19-20H,10H2,(H,21,22,23). The Kier molecular flexibility index (Phi) is 4.49. The molecule has 0 saturated carbocycles. The molecule has 0 aliphatic heterocycles. The average Bonchev–Trinajstić information content (AvgIpc) is 2.52. The van der Waals surface area contributed by atoms with E-state index in [1.807, 2.05) is 24.3 Å². The van der Waals surface area contributed by atoms with Crippen molar-refractivity contribution in [1.82, 2.24) is 0 Å². The van der Waals surface area contributed by atoms with Crippen molar-refractivity contribution < 1.29 is 18.1 Å². The fourth-order valence-electron chi connectivity index (χ4n) is 2.43. The van der Waals surface area contributed by atoms with E-state index in [2.05, 4.69) is 21.2 Å². The Hall–Kier alpha value is -2.09. The number of aromatic hydroxyl groups is 1. The molecule has 3 aromatic carbocycles. The van der Waals surface area contributed by atoms with Crippen LogP contribution in [0.5, 0.6) is 5.75 Å². The molecule has 0 aliphatic rings. The van der Waals surface area contributed by atoms with Crippen LogP contribution >= 0.6 is 15.9 Å². The maximum atomic E-state index is 11.3. The molecule has 0 aliphatic carbocycles. The van der Waals surface area contributed by atoms with E-state index in [9.17, 15) is 13.5 Å². The van der Waals surface area contributed by atoms with Crippen LogP contribution in [0, 0.1) is 0 Å². The number of phenolic OH excluding ortho intramolecular Hbond substituents is 1. The Balaban J connectivity index is 1.92. The van der Waals surface area contributed by atoms with Crippen LogP contribution in [0.2, 0.25) is 0 Å². The number of hydrogen-bond donors (Lipinski definition) is 3. The van der Waals surface area contributed by atoms with Gasteiger partial charge in [-0.05, 0) is 47.3 Å². The molecule has 0 saturated heterocycles. The molecule has 24 heavy (non-hydrogen) atoms. The molecular formula is C17H14BrNO4S. The van der Waals surface area contributed by atoms with Crippen molar-refractivity contribution in [3.8, 4) is 5.75 Å². The van der Waals surface area contributed by atoms with Crippen LogP contribution in [0.4, 0.5) is 5.69 Å². The van der Waals surface area contributed by atoms with Crippen molar-refractivity contribution in [2.45, 2.75) is 11.4 Å². The predicted molar refractivity (Wildman–Crippen MR) is 96.9 cm³/mol. The van der Waals surface area contributed by atoms with Gasteiger partial charge in [-0.2, -0.15) is 8.42 Å². The second kappa shape index (κ2) is 6.43. The highest BCUT2D eigenvalue weighted by Gasteiger charge is 2.13. The van der Waals surface area contributed by atoms with Gasteiger partial charge in [-0.25, -0.2) is 0 Å². The number of fused-ring (bicyclic) bond motifs is 1. The Bertz CT molecular complexity index is 1020. The molecule has 0 radical (unpaired) electrons.